The molecule has 1 aliphatic carbocycles. The van der Waals surface area contributed by atoms with Crippen molar-refractivity contribution in [3.63, 3.8) is 0 Å². The fraction of sp³-hybridized carbons (Fsp3) is 0.600. The Hall–Kier alpha value is -1.13. The van der Waals surface area contributed by atoms with E-state index in [0.29, 0.717) is 23.5 Å². The lowest BCUT2D eigenvalue weighted by molar-refractivity contribution is -0.384. The molecule has 0 amide bonds. The minimum atomic E-state index is -0.384. The van der Waals surface area contributed by atoms with E-state index in [2.05, 4.69) is 19.2 Å². The number of halogens is 1. The first-order chi connectivity index (χ1) is 9.47. The molecule has 2 rings (SSSR count). The van der Waals surface area contributed by atoms with E-state index in [9.17, 15) is 10.1 Å². The van der Waals surface area contributed by atoms with Gasteiger partial charge >= 0.3 is 0 Å². The second kappa shape index (κ2) is 6.55. The monoisotopic (exact) mass is 296 g/mol. The van der Waals surface area contributed by atoms with Crippen molar-refractivity contribution in [1.29, 1.82) is 0 Å². The van der Waals surface area contributed by atoms with Crippen molar-refractivity contribution in [2.24, 2.45) is 11.8 Å². The number of non-ortho nitro benzene ring substituents is 1. The lowest BCUT2D eigenvalue weighted by Crippen LogP contribution is -2.38. The number of benzene rings is 1. The predicted octanol–water partition coefficient (Wildman–Crippen LogP) is 4.16. The quantitative estimate of drug-likeness (QED) is 0.670. The third-order valence-electron chi connectivity index (χ3n) is 4.23. The summed E-state index contributed by atoms with van der Waals surface area (Å²) in [6, 6.07) is 5.08. The summed E-state index contributed by atoms with van der Waals surface area (Å²) in [5.41, 5.74) is 0.892. The number of nitro benzene ring substituents is 1. The molecule has 1 fully saturated rings. The highest BCUT2D eigenvalue weighted by Gasteiger charge is 2.25. The van der Waals surface area contributed by atoms with Gasteiger partial charge in [-0.25, -0.2) is 0 Å². The SMILES string of the molecule is CC1CCC(NCc2cc([N+](=O)[O-])ccc2Cl)C(C)C1. The molecule has 1 N–H and O–H groups in total. The van der Waals surface area contributed by atoms with Crippen LogP contribution in [0, 0.1) is 22.0 Å². The van der Waals surface area contributed by atoms with Crippen molar-refractivity contribution < 1.29 is 4.92 Å². The Balaban J connectivity index is 2.00. The molecular weight excluding hydrogens is 276 g/mol. The highest BCUT2D eigenvalue weighted by Crippen LogP contribution is 2.29. The summed E-state index contributed by atoms with van der Waals surface area (Å²) < 4.78 is 0. The van der Waals surface area contributed by atoms with Crippen molar-refractivity contribution in [3.8, 4) is 0 Å². The van der Waals surface area contributed by atoms with Crippen molar-refractivity contribution in [3.05, 3.63) is 38.9 Å². The number of hydrogen-bond acceptors (Lipinski definition) is 3. The standard InChI is InChI=1S/C15H21ClN2O2/c1-10-3-6-15(11(2)7-10)17-9-12-8-13(18(19)20)4-5-14(12)16/h4-5,8,10-11,15,17H,3,6-7,9H2,1-2H3. The fourth-order valence-electron chi connectivity index (χ4n) is 3.02. The zero-order valence-corrected chi connectivity index (χ0v) is 12.7. The molecule has 0 heterocycles. The highest BCUT2D eigenvalue weighted by atomic mass is 35.5. The summed E-state index contributed by atoms with van der Waals surface area (Å²) in [5.74, 6) is 1.43. The molecule has 1 aromatic rings. The van der Waals surface area contributed by atoms with E-state index in [1.807, 2.05) is 0 Å². The van der Waals surface area contributed by atoms with E-state index >= 15 is 0 Å². The summed E-state index contributed by atoms with van der Waals surface area (Å²) in [5, 5.41) is 14.9. The van der Waals surface area contributed by atoms with Crippen molar-refractivity contribution in [1.82, 2.24) is 5.32 Å². The van der Waals surface area contributed by atoms with Crippen molar-refractivity contribution in [2.45, 2.75) is 45.7 Å². The molecule has 1 aliphatic rings. The Morgan fingerprint density at radius 3 is 2.80 bits per heavy atom. The first-order valence-electron chi connectivity index (χ1n) is 7.13. The van der Waals surface area contributed by atoms with Crippen LogP contribution in [0.5, 0.6) is 0 Å². The minimum Gasteiger partial charge on any atom is -0.310 e. The Bertz CT molecular complexity index is 493. The van der Waals surface area contributed by atoms with Crippen LogP contribution in [0.4, 0.5) is 5.69 Å². The molecule has 0 radical (unpaired) electrons. The summed E-state index contributed by atoms with van der Waals surface area (Å²) in [4.78, 5) is 10.4. The van der Waals surface area contributed by atoms with E-state index in [1.54, 1.807) is 12.1 Å². The van der Waals surface area contributed by atoms with Gasteiger partial charge in [-0.05, 0) is 42.7 Å². The van der Waals surface area contributed by atoms with Gasteiger partial charge in [0.25, 0.3) is 5.69 Å². The molecular formula is C15H21ClN2O2. The number of rotatable bonds is 4. The first-order valence-corrected chi connectivity index (χ1v) is 7.51. The topological polar surface area (TPSA) is 55.2 Å². The maximum Gasteiger partial charge on any atom is 0.269 e. The average molecular weight is 297 g/mol. The molecule has 1 aromatic carbocycles. The van der Waals surface area contributed by atoms with Gasteiger partial charge in [-0.1, -0.05) is 25.4 Å². The van der Waals surface area contributed by atoms with Crippen LogP contribution in [0.25, 0.3) is 0 Å². The average Bonchev–Trinajstić information content (AvgIpc) is 2.39. The molecule has 0 saturated heterocycles. The van der Waals surface area contributed by atoms with Crippen LogP contribution in [0.15, 0.2) is 18.2 Å². The maximum atomic E-state index is 10.8. The van der Waals surface area contributed by atoms with Crippen LogP contribution in [0.2, 0.25) is 5.02 Å². The summed E-state index contributed by atoms with van der Waals surface area (Å²) in [7, 11) is 0. The van der Waals surface area contributed by atoms with Crippen molar-refractivity contribution >= 4 is 17.3 Å². The summed E-state index contributed by atoms with van der Waals surface area (Å²) >= 11 is 6.12. The molecule has 4 nitrogen and oxygen atoms in total. The van der Waals surface area contributed by atoms with E-state index in [1.165, 1.54) is 18.9 Å². The van der Waals surface area contributed by atoms with Crippen molar-refractivity contribution in [2.75, 3.05) is 0 Å². The fourth-order valence-corrected chi connectivity index (χ4v) is 3.20. The van der Waals surface area contributed by atoms with E-state index in [0.717, 1.165) is 17.9 Å². The minimum absolute atomic E-state index is 0.0940. The lowest BCUT2D eigenvalue weighted by Gasteiger charge is -2.33. The predicted molar refractivity (Wildman–Crippen MR) is 80.9 cm³/mol. The largest absolute Gasteiger partial charge is 0.310 e. The molecule has 0 aliphatic heterocycles. The van der Waals surface area contributed by atoms with Gasteiger partial charge in [-0.3, -0.25) is 10.1 Å². The van der Waals surface area contributed by atoms with E-state index < -0.39 is 0 Å². The molecule has 0 aromatic heterocycles. The van der Waals surface area contributed by atoms with Crippen LogP contribution in [-0.4, -0.2) is 11.0 Å². The summed E-state index contributed by atoms with van der Waals surface area (Å²) in [6.07, 6.45) is 3.64. The number of nitrogens with zero attached hydrogens (tertiary/aromatic N) is 1. The normalized spacial score (nSPS) is 26.4. The molecule has 110 valence electrons. The zero-order valence-electron chi connectivity index (χ0n) is 11.9. The first kappa shape index (κ1) is 15.3. The smallest absolute Gasteiger partial charge is 0.269 e. The Labute approximate surface area is 124 Å². The van der Waals surface area contributed by atoms with E-state index in [-0.39, 0.29) is 10.6 Å². The molecule has 1 saturated carbocycles. The van der Waals surface area contributed by atoms with Gasteiger partial charge in [-0.2, -0.15) is 0 Å². The molecule has 5 heteroatoms. The van der Waals surface area contributed by atoms with Crippen LogP contribution in [0.1, 0.15) is 38.7 Å². The number of nitrogens with one attached hydrogen (secondary N) is 1. The van der Waals surface area contributed by atoms with Gasteiger partial charge in [0.2, 0.25) is 0 Å². The van der Waals surface area contributed by atoms with Crippen LogP contribution in [0.3, 0.4) is 0 Å². The third kappa shape index (κ3) is 3.70. The number of nitro groups is 1. The maximum absolute atomic E-state index is 10.8. The molecule has 20 heavy (non-hydrogen) atoms. The van der Waals surface area contributed by atoms with Crippen LogP contribution < -0.4 is 5.32 Å². The van der Waals surface area contributed by atoms with Crippen LogP contribution >= 0.6 is 11.6 Å². The van der Waals surface area contributed by atoms with Gasteiger partial charge in [0, 0.05) is 29.7 Å². The van der Waals surface area contributed by atoms with Gasteiger partial charge in [0.1, 0.15) is 0 Å². The molecule has 3 unspecified atom stereocenters. The second-order valence-corrected chi connectivity index (χ2v) is 6.32. The van der Waals surface area contributed by atoms with E-state index in [4.69, 9.17) is 11.6 Å². The Morgan fingerprint density at radius 2 is 2.15 bits per heavy atom. The van der Waals surface area contributed by atoms with Gasteiger partial charge < -0.3 is 5.32 Å². The number of hydrogen-bond donors (Lipinski definition) is 1. The molecule has 0 bridgehead atoms. The molecule has 3 atom stereocenters. The Morgan fingerprint density at radius 1 is 1.40 bits per heavy atom. The van der Waals surface area contributed by atoms with Gasteiger partial charge in [0.15, 0.2) is 0 Å². The van der Waals surface area contributed by atoms with Gasteiger partial charge in [-0.15, -0.1) is 0 Å². The lowest BCUT2D eigenvalue weighted by atomic mass is 9.80. The second-order valence-electron chi connectivity index (χ2n) is 5.92. The summed E-state index contributed by atoms with van der Waals surface area (Å²) in [6.45, 7) is 5.15. The zero-order chi connectivity index (χ0) is 14.7. The van der Waals surface area contributed by atoms with Crippen LogP contribution in [-0.2, 0) is 6.54 Å². The molecule has 0 spiro atoms. The third-order valence-corrected chi connectivity index (χ3v) is 4.60. The highest BCUT2D eigenvalue weighted by molar-refractivity contribution is 6.31. The van der Waals surface area contributed by atoms with Gasteiger partial charge in [0.05, 0.1) is 4.92 Å². The Kier molecular flexibility index (Phi) is 5.00.